The molecule has 2 aliphatic rings. The summed E-state index contributed by atoms with van der Waals surface area (Å²) < 4.78 is 25.8. The summed E-state index contributed by atoms with van der Waals surface area (Å²) in [6, 6.07) is 5.46. The molecular weight excluding hydrogens is 447 g/mol. The fraction of sp³-hybridized carbons (Fsp3) is 0.565. The first kappa shape index (κ1) is 24.8. The van der Waals surface area contributed by atoms with E-state index < -0.39 is 25.5 Å². The predicted octanol–water partition coefficient (Wildman–Crippen LogP) is 4.82. The molecule has 174 valence electrons. The van der Waals surface area contributed by atoms with E-state index in [4.69, 9.17) is 20.9 Å². The maximum Gasteiger partial charge on any atom is 0.415 e. The van der Waals surface area contributed by atoms with Crippen LogP contribution in [0.1, 0.15) is 24.5 Å². The van der Waals surface area contributed by atoms with E-state index in [-0.39, 0.29) is 17.4 Å². The van der Waals surface area contributed by atoms with Crippen molar-refractivity contribution in [3.05, 3.63) is 35.1 Å². The van der Waals surface area contributed by atoms with Crippen LogP contribution < -0.4 is 0 Å². The van der Waals surface area contributed by atoms with Crippen molar-refractivity contribution >= 4 is 31.1 Å². The van der Waals surface area contributed by atoms with Crippen molar-refractivity contribution in [2.24, 2.45) is 10.9 Å². The van der Waals surface area contributed by atoms with Crippen molar-refractivity contribution in [3.63, 3.8) is 0 Å². The van der Waals surface area contributed by atoms with Gasteiger partial charge in [-0.25, -0.2) is 14.1 Å². The standard InChI is InChI=1S/C23H31FN2O4SSi/c1-7-16-8-9-18(24)17(12-16)22(2)19-13-23(19,14-29-3)31-20(25-22)26(21(27)28)15-30-10-11-32(4,5)6/h1,8-9,12,19H,10-11,13-15H2,2-6H3,(H,27,28)/t19?,22-,23-/m1/s1. The molecule has 0 saturated heterocycles. The highest BCUT2D eigenvalue weighted by molar-refractivity contribution is 8.15. The maximum atomic E-state index is 15.0. The molecule has 1 aliphatic heterocycles. The second-order valence-electron chi connectivity index (χ2n) is 9.80. The second kappa shape index (κ2) is 9.18. The lowest BCUT2D eigenvalue weighted by atomic mass is 9.85. The lowest BCUT2D eigenvalue weighted by molar-refractivity contribution is 0.0701. The number of amidine groups is 1. The molecule has 1 aromatic carbocycles. The Morgan fingerprint density at radius 3 is 2.78 bits per heavy atom. The van der Waals surface area contributed by atoms with Gasteiger partial charge in [0.05, 0.1) is 16.9 Å². The van der Waals surface area contributed by atoms with Gasteiger partial charge >= 0.3 is 6.09 Å². The molecule has 3 atom stereocenters. The van der Waals surface area contributed by atoms with Gasteiger partial charge in [-0.05, 0) is 37.6 Å². The van der Waals surface area contributed by atoms with Gasteiger partial charge in [0.1, 0.15) is 12.5 Å². The van der Waals surface area contributed by atoms with E-state index in [0.717, 1.165) is 17.4 Å². The van der Waals surface area contributed by atoms with Crippen molar-refractivity contribution in [2.75, 3.05) is 27.1 Å². The summed E-state index contributed by atoms with van der Waals surface area (Å²) in [5.74, 6) is 2.13. The van der Waals surface area contributed by atoms with Crippen LogP contribution in [0.4, 0.5) is 9.18 Å². The first-order valence-electron chi connectivity index (χ1n) is 10.6. The molecule has 0 radical (unpaired) electrons. The molecule has 1 amide bonds. The molecule has 1 aliphatic carbocycles. The van der Waals surface area contributed by atoms with E-state index in [2.05, 4.69) is 25.6 Å². The number of amides is 1. The molecule has 1 unspecified atom stereocenters. The summed E-state index contributed by atoms with van der Waals surface area (Å²) in [5, 5.41) is 10.2. The molecule has 1 saturated carbocycles. The van der Waals surface area contributed by atoms with Crippen LogP contribution in [-0.2, 0) is 15.0 Å². The highest BCUT2D eigenvalue weighted by atomic mass is 32.2. The third-order valence-corrected chi connectivity index (χ3v) is 9.25. The summed E-state index contributed by atoms with van der Waals surface area (Å²) in [5.41, 5.74) is -0.0405. The topological polar surface area (TPSA) is 71.4 Å². The van der Waals surface area contributed by atoms with Gasteiger partial charge in [0.15, 0.2) is 5.17 Å². The Morgan fingerprint density at radius 1 is 1.47 bits per heavy atom. The number of benzene rings is 1. The molecule has 6 nitrogen and oxygen atoms in total. The van der Waals surface area contributed by atoms with Gasteiger partial charge in [0.25, 0.3) is 0 Å². The van der Waals surface area contributed by atoms with Crippen LogP contribution in [0.5, 0.6) is 0 Å². The van der Waals surface area contributed by atoms with Crippen molar-refractivity contribution in [3.8, 4) is 12.3 Å². The molecule has 1 aromatic rings. The van der Waals surface area contributed by atoms with Gasteiger partial charge in [-0.15, -0.1) is 6.42 Å². The number of terminal acetylenes is 1. The number of carbonyl (C=O) groups is 1. The molecule has 0 aromatic heterocycles. The average Bonchev–Trinajstić information content (AvgIpc) is 3.42. The Hall–Kier alpha value is -1.86. The summed E-state index contributed by atoms with van der Waals surface area (Å²) in [6.45, 7) is 9.33. The Morgan fingerprint density at radius 2 is 2.19 bits per heavy atom. The minimum Gasteiger partial charge on any atom is -0.465 e. The van der Waals surface area contributed by atoms with E-state index in [1.807, 2.05) is 6.92 Å². The predicted molar refractivity (Wildman–Crippen MR) is 128 cm³/mol. The number of rotatable bonds is 8. The third-order valence-electron chi connectivity index (χ3n) is 6.07. The number of halogens is 1. The Kier molecular flexibility index (Phi) is 7.10. The van der Waals surface area contributed by atoms with Crippen LogP contribution in [0.25, 0.3) is 0 Å². The van der Waals surface area contributed by atoms with Gasteiger partial charge in [0.2, 0.25) is 0 Å². The molecule has 9 heteroatoms. The lowest BCUT2D eigenvalue weighted by Crippen LogP contribution is -2.44. The Balaban J connectivity index is 1.96. The van der Waals surface area contributed by atoms with E-state index in [9.17, 15) is 14.3 Å². The van der Waals surface area contributed by atoms with Crippen LogP contribution in [0.15, 0.2) is 23.2 Å². The van der Waals surface area contributed by atoms with Gasteiger partial charge in [0, 0.05) is 38.8 Å². The van der Waals surface area contributed by atoms with Gasteiger partial charge in [-0.1, -0.05) is 37.3 Å². The minimum absolute atomic E-state index is 0.00493. The van der Waals surface area contributed by atoms with Crippen LogP contribution in [0.2, 0.25) is 25.7 Å². The van der Waals surface area contributed by atoms with Gasteiger partial charge in [-0.2, -0.15) is 0 Å². The SMILES string of the molecule is C#Cc1ccc(F)c([C@@]2(C)N=C(N(COCC[Si](C)(C)C)C(=O)O)S[C@@]3(COC)CC32)c1. The fourth-order valence-electron chi connectivity index (χ4n) is 4.12. The van der Waals surface area contributed by atoms with E-state index in [0.29, 0.717) is 29.5 Å². The Bertz CT molecular complexity index is 960. The number of aliphatic imine (C=N–C) groups is 1. The number of carboxylic acid groups (broad SMARTS) is 1. The second-order valence-corrected chi connectivity index (χ2v) is 16.8. The van der Waals surface area contributed by atoms with Crippen molar-refractivity contribution in [1.82, 2.24) is 4.90 Å². The third kappa shape index (κ3) is 5.04. The largest absolute Gasteiger partial charge is 0.465 e. The zero-order chi connectivity index (χ0) is 23.7. The number of fused-ring (bicyclic) bond motifs is 1. The number of methoxy groups -OCH3 is 1. The first-order chi connectivity index (χ1) is 15.0. The van der Waals surface area contributed by atoms with E-state index in [1.165, 1.54) is 17.8 Å². The Labute approximate surface area is 194 Å². The summed E-state index contributed by atoms with van der Waals surface area (Å²) in [6.07, 6.45) is 5.12. The molecule has 1 N–H and O–H groups in total. The van der Waals surface area contributed by atoms with Gasteiger partial charge < -0.3 is 14.6 Å². The summed E-state index contributed by atoms with van der Waals surface area (Å²) in [4.78, 5) is 18.0. The van der Waals surface area contributed by atoms with Crippen LogP contribution in [0, 0.1) is 24.1 Å². The van der Waals surface area contributed by atoms with Gasteiger partial charge in [-0.3, -0.25) is 4.99 Å². The quantitative estimate of drug-likeness (QED) is 0.251. The van der Waals surface area contributed by atoms with Crippen molar-refractivity contribution < 1.29 is 23.8 Å². The highest BCUT2D eigenvalue weighted by Gasteiger charge is 2.67. The molecule has 32 heavy (non-hydrogen) atoms. The normalized spacial score (nSPS) is 26.7. The number of ether oxygens (including phenoxy) is 2. The van der Waals surface area contributed by atoms with Crippen LogP contribution >= 0.6 is 11.8 Å². The maximum absolute atomic E-state index is 15.0. The molecule has 0 spiro atoms. The smallest absolute Gasteiger partial charge is 0.415 e. The summed E-state index contributed by atoms with van der Waals surface area (Å²) >= 11 is 1.38. The van der Waals surface area contributed by atoms with Crippen molar-refractivity contribution in [2.45, 2.75) is 49.3 Å². The average molecular weight is 479 g/mol. The van der Waals surface area contributed by atoms with Crippen LogP contribution in [0.3, 0.4) is 0 Å². The zero-order valence-corrected chi connectivity index (χ0v) is 21.1. The monoisotopic (exact) mass is 478 g/mol. The van der Waals surface area contributed by atoms with Crippen molar-refractivity contribution in [1.29, 1.82) is 0 Å². The van der Waals surface area contributed by atoms with E-state index in [1.54, 1.807) is 19.2 Å². The molecule has 0 bridgehead atoms. The van der Waals surface area contributed by atoms with E-state index >= 15 is 0 Å². The molecule has 1 fully saturated rings. The zero-order valence-electron chi connectivity index (χ0n) is 19.3. The highest BCUT2D eigenvalue weighted by Crippen LogP contribution is 2.66. The molecular formula is C23H31FN2O4SSi. The number of nitrogens with zero attached hydrogens (tertiary/aromatic N) is 2. The number of hydrogen-bond acceptors (Lipinski definition) is 5. The first-order valence-corrected chi connectivity index (χ1v) is 15.1. The number of thioether (sulfide) groups is 1. The van der Waals surface area contributed by atoms with Crippen LogP contribution in [-0.4, -0.2) is 61.1 Å². The minimum atomic E-state index is -1.31. The number of hydrogen-bond donors (Lipinski definition) is 1. The summed E-state index contributed by atoms with van der Waals surface area (Å²) in [7, 11) is 0.306. The molecule has 3 rings (SSSR count). The molecule has 1 heterocycles. The lowest BCUT2D eigenvalue weighted by Gasteiger charge is -2.37. The fourth-order valence-corrected chi connectivity index (χ4v) is 6.51.